The third-order valence-corrected chi connectivity index (χ3v) is 4.73. The Morgan fingerprint density at radius 1 is 1.15 bits per heavy atom. The largest absolute Gasteiger partial charge is 0.455 e. The summed E-state index contributed by atoms with van der Waals surface area (Å²) in [6.45, 7) is 10.4. The molecule has 0 unspecified atom stereocenters. The van der Waals surface area contributed by atoms with Gasteiger partial charge >= 0.3 is 0 Å². The second-order valence-electron chi connectivity index (χ2n) is 7.16. The molecular weight excluding hydrogens is 328 g/mol. The van der Waals surface area contributed by atoms with Crippen molar-refractivity contribution in [3.05, 3.63) is 59.0 Å². The van der Waals surface area contributed by atoms with Crippen LogP contribution in [-0.4, -0.2) is 48.1 Å². The molecule has 0 aliphatic carbocycles. The fraction of sp³-hybridized carbons (Fsp3) is 0.476. The highest BCUT2D eigenvalue weighted by Crippen LogP contribution is 2.17. The van der Waals surface area contributed by atoms with Crippen LogP contribution in [0.25, 0.3) is 0 Å². The topological polar surface area (TPSA) is 45.9 Å². The predicted octanol–water partition coefficient (Wildman–Crippen LogP) is 3.47. The van der Waals surface area contributed by atoms with Gasteiger partial charge in [-0.3, -0.25) is 9.69 Å². The summed E-state index contributed by atoms with van der Waals surface area (Å²) < 4.78 is 11.2. The molecule has 5 nitrogen and oxygen atoms in total. The van der Waals surface area contributed by atoms with Gasteiger partial charge in [-0.2, -0.15) is 0 Å². The second kappa shape index (κ2) is 8.52. The van der Waals surface area contributed by atoms with E-state index < -0.39 is 0 Å². The van der Waals surface area contributed by atoms with E-state index in [1.54, 1.807) is 11.0 Å². The maximum Gasteiger partial charge on any atom is 0.289 e. The quantitative estimate of drug-likeness (QED) is 0.795. The molecule has 26 heavy (non-hydrogen) atoms. The lowest BCUT2D eigenvalue weighted by atomic mass is 10.1. The zero-order chi connectivity index (χ0) is 18.5. The third-order valence-electron chi connectivity index (χ3n) is 4.73. The maximum atomic E-state index is 12.5. The number of amides is 1. The summed E-state index contributed by atoms with van der Waals surface area (Å²) in [7, 11) is 0. The highest BCUT2D eigenvalue weighted by atomic mass is 16.5. The molecule has 5 heteroatoms. The Bertz CT molecular complexity index is 732. The molecular formula is C21H28N2O3. The van der Waals surface area contributed by atoms with Crippen molar-refractivity contribution < 1.29 is 13.9 Å². The van der Waals surface area contributed by atoms with Crippen LogP contribution in [0, 0.1) is 6.92 Å². The number of hydrogen-bond donors (Lipinski definition) is 0. The first-order valence-corrected chi connectivity index (χ1v) is 9.28. The van der Waals surface area contributed by atoms with Crippen LogP contribution in [-0.2, 0) is 17.8 Å². The Morgan fingerprint density at radius 3 is 2.62 bits per heavy atom. The predicted molar refractivity (Wildman–Crippen MR) is 101 cm³/mol. The molecule has 1 aliphatic heterocycles. The Labute approximate surface area is 155 Å². The van der Waals surface area contributed by atoms with Crippen LogP contribution in [0.2, 0.25) is 0 Å². The van der Waals surface area contributed by atoms with Crippen LogP contribution >= 0.6 is 0 Å². The number of carbonyl (C=O) groups is 1. The van der Waals surface area contributed by atoms with E-state index in [2.05, 4.69) is 49.9 Å². The molecule has 1 amide bonds. The molecule has 1 fully saturated rings. The lowest BCUT2D eigenvalue weighted by molar-refractivity contribution is 0.0280. The van der Waals surface area contributed by atoms with Crippen LogP contribution in [0.3, 0.4) is 0 Å². The monoisotopic (exact) mass is 356 g/mol. The Balaban J connectivity index is 1.66. The van der Waals surface area contributed by atoms with Gasteiger partial charge in [-0.25, -0.2) is 0 Å². The molecule has 0 saturated carbocycles. The van der Waals surface area contributed by atoms with Gasteiger partial charge in [-0.1, -0.05) is 29.8 Å². The van der Waals surface area contributed by atoms with Crippen molar-refractivity contribution in [1.29, 1.82) is 0 Å². The highest BCUT2D eigenvalue weighted by molar-refractivity contribution is 5.91. The molecule has 2 heterocycles. The molecule has 0 spiro atoms. The summed E-state index contributed by atoms with van der Waals surface area (Å²) >= 11 is 0. The minimum Gasteiger partial charge on any atom is -0.455 e. The zero-order valence-electron chi connectivity index (χ0n) is 15.9. The van der Waals surface area contributed by atoms with Crippen LogP contribution in [0.15, 0.2) is 40.8 Å². The number of ether oxygens (including phenoxy) is 1. The van der Waals surface area contributed by atoms with Gasteiger partial charge in [-0.05, 0) is 38.5 Å². The molecule has 1 aromatic carbocycles. The fourth-order valence-electron chi connectivity index (χ4n) is 3.17. The lowest BCUT2D eigenvalue weighted by Crippen LogP contribution is -2.40. The minimum absolute atomic E-state index is 0.0469. The van der Waals surface area contributed by atoms with Gasteiger partial charge < -0.3 is 14.1 Å². The van der Waals surface area contributed by atoms with Gasteiger partial charge in [0.2, 0.25) is 0 Å². The molecule has 3 rings (SSSR count). The van der Waals surface area contributed by atoms with E-state index in [9.17, 15) is 4.79 Å². The van der Waals surface area contributed by atoms with E-state index in [0.717, 1.165) is 12.3 Å². The van der Waals surface area contributed by atoms with Crippen molar-refractivity contribution in [2.75, 3.05) is 26.3 Å². The standard InChI is InChI=1S/C21H28N2O3/c1-16(2)23(14-18-6-4-5-17(3)13-18)15-19-7-8-20(26-19)21(24)22-9-11-25-12-10-22/h4-8,13,16H,9-12,14-15H2,1-3H3. The Hall–Kier alpha value is -2.11. The molecule has 1 aliphatic rings. The van der Waals surface area contributed by atoms with E-state index in [-0.39, 0.29) is 5.91 Å². The normalized spacial score (nSPS) is 15.0. The van der Waals surface area contributed by atoms with E-state index in [1.807, 2.05) is 6.07 Å². The molecule has 0 N–H and O–H groups in total. The van der Waals surface area contributed by atoms with Crippen molar-refractivity contribution in [3.63, 3.8) is 0 Å². The molecule has 140 valence electrons. The SMILES string of the molecule is Cc1cccc(CN(Cc2ccc(C(=O)N3CCOCC3)o2)C(C)C)c1. The van der Waals surface area contributed by atoms with Gasteiger partial charge in [0, 0.05) is 25.7 Å². The van der Waals surface area contributed by atoms with Gasteiger partial charge in [0.15, 0.2) is 5.76 Å². The summed E-state index contributed by atoms with van der Waals surface area (Å²) in [5, 5.41) is 0. The fourth-order valence-corrected chi connectivity index (χ4v) is 3.17. The van der Waals surface area contributed by atoms with Crippen molar-refractivity contribution >= 4 is 5.91 Å². The molecule has 0 radical (unpaired) electrons. The van der Waals surface area contributed by atoms with E-state index >= 15 is 0 Å². The first kappa shape index (κ1) is 18.7. The van der Waals surface area contributed by atoms with Gasteiger partial charge in [0.05, 0.1) is 19.8 Å². The zero-order valence-corrected chi connectivity index (χ0v) is 15.9. The summed E-state index contributed by atoms with van der Waals surface area (Å²) in [5.41, 5.74) is 2.55. The maximum absolute atomic E-state index is 12.5. The minimum atomic E-state index is -0.0469. The van der Waals surface area contributed by atoms with Crippen molar-refractivity contribution in [3.8, 4) is 0 Å². The smallest absolute Gasteiger partial charge is 0.289 e. The Morgan fingerprint density at radius 2 is 1.92 bits per heavy atom. The number of carbonyl (C=O) groups excluding carboxylic acids is 1. The number of rotatable bonds is 6. The summed E-state index contributed by atoms with van der Waals surface area (Å²) in [6.07, 6.45) is 0. The number of aryl methyl sites for hydroxylation is 1. The average Bonchev–Trinajstić information content (AvgIpc) is 3.10. The van der Waals surface area contributed by atoms with Gasteiger partial charge in [-0.15, -0.1) is 0 Å². The lowest BCUT2D eigenvalue weighted by Gasteiger charge is -2.26. The molecule has 0 atom stereocenters. The highest BCUT2D eigenvalue weighted by Gasteiger charge is 2.22. The van der Waals surface area contributed by atoms with E-state index in [4.69, 9.17) is 9.15 Å². The van der Waals surface area contributed by atoms with Gasteiger partial charge in [0.25, 0.3) is 5.91 Å². The van der Waals surface area contributed by atoms with Crippen LogP contribution in [0.5, 0.6) is 0 Å². The third kappa shape index (κ3) is 4.74. The second-order valence-corrected chi connectivity index (χ2v) is 7.16. The molecule has 1 saturated heterocycles. The van der Waals surface area contributed by atoms with Crippen molar-refractivity contribution in [2.45, 2.75) is 39.9 Å². The number of nitrogens with zero attached hydrogens (tertiary/aromatic N) is 2. The number of benzene rings is 1. The van der Waals surface area contributed by atoms with E-state index in [1.165, 1.54) is 11.1 Å². The molecule has 2 aromatic rings. The van der Waals surface area contributed by atoms with E-state index in [0.29, 0.717) is 44.7 Å². The van der Waals surface area contributed by atoms with Crippen LogP contribution in [0.4, 0.5) is 0 Å². The molecule has 1 aromatic heterocycles. The van der Waals surface area contributed by atoms with Crippen LogP contribution in [0.1, 0.15) is 41.3 Å². The summed E-state index contributed by atoms with van der Waals surface area (Å²) in [5.74, 6) is 1.19. The summed E-state index contributed by atoms with van der Waals surface area (Å²) in [6, 6.07) is 12.6. The molecule has 0 bridgehead atoms. The average molecular weight is 356 g/mol. The van der Waals surface area contributed by atoms with Gasteiger partial charge in [0.1, 0.15) is 5.76 Å². The Kier molecular flexibility index (Phi) is 6.12. The number of furan rings is 1. The first-order valence-electron chi connectivity index (χ1n) is 9.28. The van der Waals surface area contributed by atoms with Crippen LogP contribution < -0.4 is 0 Å². The first-order chi connectivity index (χ1) is 12.5. The summed E-state index contributed by atoms with van der Waals surface area (Å²) in [4.78, 5) is 16.7. The van der Waals surface area contributed by atoms with Crippen molar-refractivity contribution in [2.24, 2.45) is 0 Å². The number of morpholine rings is 1. The number of hydrogen-bond acceptors (Lipinski definition) is 4. The van der Waals surface area contributed by atoms with Crippen molar-refractivity contribution in [1.82, 2.24) is 9.80 Å².